The lowest BCUT2D eigenvalue weighted by Gasteiger charge is -2.61. The fourth-order valence-corrected chi connectivity index (χ4v) is 4.29. The fraction of sp³-hybridized carbons (Fsp3) is 0.600. The van der Waals surface area contributed by atoms with Crippen molar-refractivity contribution in [1.82, 2.24) is 0 Å². The predicted octanol–water partition coefficient (Wildman–Crippen LogP) is 5.52. The molecule has 1 aromatic carbocycles. The first kappa shape index (κ1) is 15.0. The van der Waals surface area contributed by atoms with E-state index in [1.807, 2.05) is 12.1 Å². The molecule has 110 valence electrons. The first-order chi connectivity index (χ1) is 9.58. The van der Waals surface area contributed by atoms with E-state index in [0.29, 0.717) is 27.6 Å². The third-order valence-corrected chi connectivity index (χ3v) is 6.57. The topological polar surface area (TPSA) is 21.3 Å². The molecule has 0 radical (unpaired) electrons. The molecule has 2 aliphatic carbocycles. The average Bonchev–Trinajstić information content (AvgIpc) is 2.35. The van der Waals surface area contributed by atoms with Gasteiger partial charge in [0.05, 0.1) is 21.8 Å². The van der Waals surface area contributed by atoms with Gasteiger partial charge in [-0.1, -0.05) is 29.6 Å². The molecule has 5 heteroatoms. The van der Waals surface area contributed by atoms with Crippen molar-refractivity contribution in [3.05, 3.63) is 26.7 Å². The molecule has 2 atom stereocenters. The number of benzene rings is 1. The van der Waals surface area contributed by atoms with Crippen LogP contribution in [0.25, 0.3) is 0 Å². The van der Waals surface area contributed by atoms with Crippen molar-refractivity contribution in [2.24, 2.45) is 5.41 Å². The Labute approximate surface area is 138 Å². The molecule has 2 nitrogen and oxygen atoms in total. The van der Waals surface area contributed by atoms with Crippen LogP contribution < -0.4 is 5.32 Å². The van der Waals surface area contributed by atoms with Gasteiger partial charge in [0.2, 0.25) is 0 Å². The summed E-state index contributed by atoms with van der Waals surface area (Å²) >= 11 is 15.9. The second-order valence-corrected chi connectivity index (χ2v) is 7.30. The van der Waals surface area contributed by atoms with Gasteiger partial charge in [0.15, 0.2) is 0 Å². The molecule has 20 heavy (non-hydrogen) atoms. The third kappa shape index (κ3) is 2.27. The minimum absolute atomic E-state index is 0.318. The maximum Gasteiger partial charge on any atom is 0.0835 e. The van der Waals surface area contributed by atoms with Crippen LogP contribution in [-0.4, -0.2) is 18.8 Å². The summed E-state index contributed by atoms with van der Waals surface area (Å²) in [6.07, 6.45) is 5.26. The van der Waals surface area contributed by atoms with Crippen LogP contribution in [0.4, 0.5) is 5.69 Å². The second-order valence-electron chi connectivity index (χ2n) is 5.69. The number of hydrogen-bond donors (Lipinski definition) is 1. The van der Waals surface area contributed by atoms with E-state index < -0.39 is 0 Å². The Kier molecular flexibility index (Phi) is 4.24. The number of nitrogens with one attached hydrogen (secondary N) is 1. The lowest BCUT2D eigenvalue weighted by Crippen LogP contribution is -2.64. The van der Waals surface area contributed by atoms with Crippen molar-refractivity contribution in [1.29, 1.82) is 0 Å². The quantitative estimate of drug-likeness (QED) is 0.696. The van der Waals surface area contributed by atoms with Gasteiger partial charge in [-0.3, -0.25) is 0 Å². The molecule has 3 rings (SSSR count). The molecule has 1 aromatic rings. The third-order valence-electron chi connectivity index (χ3n) is 4.80. The van der Waals surface area contributed by atoms with Crippen molar-refractivity contribution >= 4 is 44.8 Å². The van der Waals surface area contributed by atoms with Crippen LogP contribution in [0.5, 0.6) is 0 Å². The SMILES string of the molecule is CCOC1CC(Nc2ccc(Br)c(Cl)c2Cl)C12CCC2. The molecule has 0 aromatic heterocycles. The van der Waals surface area contributed by atoms with Crippen LogP contribution in [0.3, 0.4) is 0 Å². The summed E-state index contributed by atoms with van der Waals surface area (Å²) in [6, 6.07) is 4.36. The Morgan fingerprint density at radius 1 is 1.35 bits per heavy atom. The molecule has 2 saturated carbocycles. The maximum atomic E-state index is 6.32. The predicted molar refractivity (Wildman–Crippen MR) is 87.9 cm³/mol. The standard InChI is InChI=1S/C15H18BrCl2NO/c1-2-20-12-8-11(15(12)6-3-7-15)19-10-5-4-9(16)13(17)14(10)18/h4-5,11-12,19H,2-3,6-8H2,1H3. The van der Waals surface area contributed by atoms with Gasteiger partial charge in [0, 0.05) is 22.5 Å². The summed E-state index contributed by atoms with van der Waals surface area (Å²) < 4.78 is 6.70. The zero-order chi connectivity index (χ0) is 14.3. The zero-order valence-corrected chi connectivity index (χ0v) is 14.5. The fourth-order valence-electron chi connectivity index (χ4n) is 3.47. The molecule has 2 unspecified atom stereocenters. The Morgan fingerprint density at radius 2 is 2.10 bits per heavy atom. The molecule has 1 spiro atoms. The highest BCUT2D eigenvalue weighted by Crippen LogP contribution is 2.58. The van der Waals surface area contributed by atoms with Crippen LogP contribution >= 0.6 is 39.1 Å². The molecule has 0 bridgehead atoms. The molecular formula is C15H18BrCl2NO. The first-order valence-electron chi connectivity index (χ1n) is 7.10. The molecule has 0 aliphatic heterocycles. The number of ether oxygens (including phenoxy) is 1. The number of halogens is 3. The van der Waals surface area contributed by atoms with Gasteiger partial charge in [0.1, 0.15) is 0 Å². The van der Waals surface area contributed by atoms with Gasteiger partial charge >= 0.3 is 0 Å². The Morgan fingerprint density at radius 3 is 2.70 bits per heavy atom. The molecule has 0 amide bonds. The van der Waals surface area contributed by atoms with Crippen LogP contribution in [0.2, 0.25) is 10.0 Å². The monoisotopic (exact) mass is 377 g/mol. The van der Waals surface area contributed by atoms with Crippen molar-refractivity contribution in [3.63, 3.8) is 0 Å². The van der Waals surface area contributed by atoms with E-state index in [2.05, 4.69) is 28.2 Å². The van der Waals surface area contributed by atoms with Crippen LogP contribution in [-0.2, 0) is 4.74 Å². The van der Waals surface area contributed by atoms with Crippen LogP contribution in [0, 0.1) is 5.41 Å². The minimum atomic E-state index is 0.318. The summed E-state index contributed by atoms with van der Waals surface area (Å²) in [5.74, 6) is 0. The van der Waals surface area contributed by atoms with Crippen molar-refractivity contribution in [2.75, 3.05) is 11.9 Å². The smallest absolute Gasteiger partial charge is 0.0835 e. The van der Waals surface area contributed by atoms with Crippen molar-refractivity contribution in [2.45, 2.75) is 44.8 Å². The average molecular weight is 379 g/mol. The first-order valence-corrected chi connectivity index (χ1v) is 8.65. The zero-order valence-electron chi connectivity index (χ0n) is 11.4. The van der Waals surface area contributed by atoms with E-state index in [-0.39, 0.29) is 0 Å². The summed E-state index contributed by atoms with van der Waals surface area (Å²) in [4.78, 5) is 0. The Hall–Kier alpha value is 0.0400. The molecule has 2 fully saturated rings. The van der Waals surface area contributed by atoms with Crippen LogP contribution in [0.15, 0.2) is 16.6 Å². The van der Waals surface area contributed by atoms with Gasteiger partial charge < -0.3 is 10.1 Å². The van der Waals surface area contributed by atoms with Gasteiger partial charge in [-0.15, -0.1) is 0 Å². The second kappa shape index (κ2) is 5.68. The minimum Gasteiger partial charge on any atom is -0.380 e. The van der Waals surface area contributed by atoms with E-state index in [9.17, 15) is 0 Å². The summed E-state index contributed by atoms with van der Waals surface area (Å²) in [5, 5.41) is 4.74. The van der Waals surface area contributed by atoms with E-state index in [1.54, 1.807) is 0 Å². The number of anilines is 1. The lowest BCUT2D eigenvalue weighted by molar-refractivity contribution is -0.157. The summed E-state index contributed by atoms with van der Waals surface area (Å²) in [7, 11) is 0. The highest BCUT2D eigenvalue weighted by molar-refractivity contribution is 9.10. The van der Waals surface area contributed by atoms with E-state index in [4.69, 9.17) is 27.9 Å². The van der Waals surface area contributed by atoms with Gasteiger partial charge in [0.25, 0.3) is 0 Å². The van der Waals surface area contributed by atoms with Gasteiger partial charge in [-0.25, -0.2) is 0 Å². The number of rotatable bonds is 4. The van der Waals surface area contributed by atoms with Crippen molar-refractivity contribution < 1.29 is 4.74 Å². The van der Waals surface area contributed by atoms with E-state index in [0.717, 1.165) is 23.2 Å². The van der Waals surface area contributed by atoms with E-state index in [1.165, 1.54) is 19.3 Å². The molecule has 0 saturated heterocycles. The summed E-state index contributed by atoms with van der Waals surface area (Å²) in [6.45, 7) is 2.86. The van der Waals surface area contributed by atoms with Crippen molar-refractivity contribution in [3.8, 4) is 0 Å². The van der Waals surface area contributed by atoms with E-state index >= 15 is 0 Å². The van der Waals surface area contributed by atoms with Crippen LogP contribution in [0.1, 0.15) is 32.6 Å². The van der Waals surface area contributed by atoms with Gasteiger partial charge in [-0.2, -0.15) is 0 Å². The molecule has 2 aliphatic rings. The lowest BCUT2D eigenvalue weighted by atomic mass is 9.51. The molecule has 0 heterocycles. The number of hydrogen-bond acceptors (Lipinski definition) is 2. The maximum absolute atomic E-state index is 6.32. The Balaban J connectivity index is 1.75. The highest BCUT2D eigenvalue weighted by Gasteiger charge is 2.58. The molecule has 1 N–H and O–H groups in total. The largest absolute Gasteiger partial charge is 0.380 e. The highest BCUT2D eigenvalue weighted by atomic mass is 79.9. The molecular weight excluding hydrogens is 361 g/mol. The van der Waals surface area contributed by atoms with Gasteiger partial charge in [-0.05, 0) is 54.2 Å². The Bertz CT molecular complexity index is 519. The summed E-state index contributed by atoms with van der Waals surface area (Å²) in [5.41, 5.74) is 1.24. The normalized spacial score (nSPS) is 27.0.